The second-order valence-electron chi connectivity index (χ2n) is 7.29. The Morgan fingerprint density at radius 3 is 2.59 bits per heavy atom. The molecule has 3 aliphatic heterocycles. The SMILES string of the molecule is O=C1CCC(=O)N1CC(=O)N1CC2=C(c3cccc(O)c31)C1(C=CC2)SC=CS1. The summed E-state index contributed by atoms with van der Waals surface area (Å²) in [5, 5.41) is 14.8. The number of benzene rings is 1. The molecule has 0 bridgehead atoms. The Hall–Kier alpha value is -2.45. The maximum absolute atomic E-state index is 13.2. The third-order valence-electron chi connectivity index (χ3n) is 5.60. The van der Waals surface area contributed by atoms with Crippen molar-refractivity contribution in [2.45, 2.75) is 23.3 Å². The highest BCUT2D eigenvalue weighted by Gasteiger charge is 2.44. The molecule has 1 spiro atoms. The number of likely N-dealkylation sites (tertiary alicyclic amines) is 1. The quantitative estimate of drug-likeness (QED) is 0.578. The van der Waals surface area contributed by atoms with Crippen molar-refractivity contribution in [2.24, 2.45) is 0 Å². The molecule has 1 saturated heterocycles. The van der Waals surface area contributed by atoms with E-state index in [0.29, 0.717) is 12.2 Å². The van der Waals surface area contributed by atoms with Crippen LogP contribution in [0.1, 0.15) is 24.8 Å². The predicted octanol–water partition coefficient (Wildman–Crippen LogP) is 3.25. The molecule has 3 heterocycles. The van der Waals surface area contributed by atoms with Crippen LogP contribution in [-0.4, -0.2) is 44.9 Å². The van der Waals surface area contributed by atoms with Gasteiger partial charge in [0.15, 0.2) is 0 Å². The number of carbonyl (C=O) groups is 3. The zero-order valence-electron chi connectivity index (χ0n) is 15.5. The van der Waals surface area contributed by atoms with Gasteiger partial charge in [0.05, 0.1) is 5.69 Å². The Morgan fingerprint density at radius 2 is 1.86 bits per heavy atom. The highest BCUT2D eigenvalue weighted by Crippen LogP contribution is 2.60. The van der Waals surface area contributed by atoms with Crippen LogP contribution in [0.25, 0.3) is 5.57 Å². The van der Waals surface area contributed by atoms with Crippen LogP contribution in [0.15, 0.2) is 46.7 Å². The number of imide groups is 1. The van der Waals surface area contributed by atoms with Gasteiger partial charge in [-0.25, -0.2) is 0 Å². The Kier molecular flexibility index (Phi) is 4.36. The molecule has 1 N–H and O–H groups in total. The molecule has 1 fully saturated rings. The van der Waals surface area contributed by atoms with Crippen LogP contribution < -0.4 is 4.90 Å². The highest BCUT2D eigenvalue weighted by atomic mass is 32.2. The van der Waals surface area contributed by atoms with Crippen molar-refractivity contribution in [3.05, 3.63) is 52.3 Å². The summed E-state index contributed by atoms with van der Waals surface area (Å²) in [6.07, 6.45) is 5.33. The summed E-state index contributed by atoms with van der Waals surface area (Å²) in [5.41, 5.74) is 3.52. The van der Waals surface area contributed by atoms with Crippen molar-refractivity contribution >= 4 is 52.5 Å². The van der Waals surface area contributed by atoms with E-state index in [-0.39, 0.29) is 46.9 Å². The first-order chi connectivity index (χ1) is 14.0. The van der Waals surface area contributed by atoms with Crippen molar-refractivity contribution in [1.82, 2.24) is 4.90 Å². The summed E-state index contributed by atoms with van der Waals surface area (Å²) in [6.45, 7) is 0.0439. The maximum atomic E-state index is 13.2. The minimum Gasteiger partial charge on any atom is -0.506 e. The second-order valence-corrected chi connectivity index (χ2v) is 9.85. The summed E-state index contributed by atoms with van der Waals surface area (Å²) >= 11 is 3.42. The van der Waals surface area contributed by atoms with Gasteiger partial charge in [-0.2, -0.15) is 0 Å². The number of rotatable bonds is 2. The molecule has 148 valence electrons. The van der Waals surface area contributed by atoms with E-state index in [1.54, 1.807) is 35.7 Å². The average molecular weight is 427 g/mol. The first kappa shape index (κ1) is 18.6. The molecule has 0 aromatic heterocycles. The molecule has 0 unspecified atom stereocenters. The second kappa shape index (κ2) is 6.81. The maximum Gasteiger partial charge on any atom is 0.247 e. The molecule has 1 aromatic rings. The van der Waals surface area contributed by atoms with Crippen LogP contribution in [0.5, 0.6) is 5.75 Å². The largest absolute Gasteiger partial charge is 0.506 e. The highest BCUT2D eigenvalue weighted by molar-refractivity contribution is 8.24. The van der Waals surface area contributed by atoms with Crippen LogP contribution in [0.3, 0.4) is 0 Å². The van der Waals surface area contributed by atoms with Gasteiger partial charge in [0, 0.05) is 24.9 Å². The number of fused-ring (bicyclic) bond motifs is 3. The number of allylic oxidation sites excluding steroid dienone is 1. The van der Waals surface area contributed by atoms with E-state index in [9.17, 15) is 19.5 Å². The fourth-order valence-corrected chi connectivity index (χ4v) is 6.81. The molecule has 1 aromatic carbocycles. The normalized spacial score (nSPS) is 21.9. The molecule has 1 aliphatic carbocycles. The Balaban J connectivity index is 1.55. The molecule has 3 amide bonds. The standard InChI is InChI=1S/C21H18N2O4S2/c24-15-5-1-4-14-19-13(3-2-8-21(19)28-9-10-29-21)11-23(20(14)15)18(27)12-22-16(25)6-7-17(22)26/h1-2,4-5,8-10,24H,3,6-7,11-12H2. The summed E-state index contributed by atoms with van der Waals surface area (Å²) in [4.78, 5) is 39.6. The van der Waals surface area contributed by atoms with Gasteiger partial charge >= 0.3 is 0 Å². The van der Waals surface area contributed by atoms with Gasteiger partial charge in [-0.3, -0.25) is 19.3 Å². The van der Waals surface area contributed by atoms with Gasteiger partial charge in [-0.1, -0.05) is 24.3 Å². The number of nitrogens with zero attached hydrogens (tertiary/aromatic N) is 2. The average Bonchev–Trinajstić information content (AvgIpc) is 3.29. The number of amides is 3. The zero-order valence-corrected chi connectivity index (χ0v) is 17.1. The van der Waals surface area contributed by atoms with E-state index >= 15 is 0 Å². The van der Waals surface area contributed by atoms with E-state index in [4.69, 9.17) is 0 Å². The van der Waals surface area contributed by atoms with E-state index in [1.807, 2.05) is 6.07 Å². The lowest BCUT2D eigenvalue weighted by Crippen LogP contribution is -2.45. The number of thioether (sulfide) groups is 2. The lowest BCUT2D eigenvalue weighted by Gasteiger charge is -2.40. The number of para-hydroxylation sites is 1. The zero-order chi connectivity index (χ0) is 20.2. The molecule has 5 rings (SSSR count). The van der Waals surface area contributed by atoms with Crippen molar-refractivity contribution in [2.75, 3.05) is 18.0 Å². The van der Waals surface area contributed by atoms with Gasteiger partial charge in [0.2, 0.25) is 17.7 Å². The minimum absolute atomic E-state index is 0.0205. The Bertz CT molecular complexity index is 1020. The lowest BCUT2D eigenvalue weighted by molar-refractivity contribution is -0.141. The molecule has 4 aliphatic rings. The van der Waals surface area contributed by atoms with Gasteiger partial charge < -0.3 is 10.0 Å². The molecule has 29 heavy (non-hydrogen) atoms. The smallest absolute Gasteiger partial charge is 0.247 e. The Morgan fingerprint density at radius 1 is 1.14 bits per heavy atom. The number of hydrogen-bond donors (Lipinski definition) is 1. The Labute approximate surface area is 176 Å². The van der Waals surface area contributed by atoms with E-state index in [2.05, 4.69) is 23.0 Å². The fraction of sp³-hybridized carbons (Fsp3) is 0.286. The molecule has 8 heteroatoms. The summed E-state index contributed by atoms with van der Waals surface area (Å²) in [6, 6.07) is 5.27. The van der Waals surface area contributed by atoms with Gasteiger partial charge in [-0.15, -0.1) is 23.5 Å². The van der Waals surface area contributed by atoms with Crippen molar-refractivity contribution in [3.63, 3.8) is 0 Å². The van der Waals surface area contributed by atoms with Crippen LogP contribution in [0.2, 0.25) is 0 Å². The summed E-state index contributed by atoms with van der Waals surface area (Å²) in [7, 11) is 0. The van der Waals surface area contributed by atoms with Crippen molar-refractivity contribution in [1.29, 1.82) is 0 Å². The molecule has 0 radical (unpaired) electrons. The number of phenolic OH excluding ortho intramolecular Hbond substituents is 1. The predicted molar refractivity (Wildman–Crippen MR) is 114 cm³/mol. The summed E-state index contributed by atoms with van der Waals surface area (Å²) in [5.74, 6) is -0.979. The van der Waals surface area contributed by atoms with Crippen molar-refractivity contribution in [3.8, 4) is 5.75 Å². The van der Waals surface area contributed by atoms with Crippen molar-refractivity contribution < 1.29 is 19.5 Å². The van der Waals surface area contributed by atoms with Gasteiger partial charge in [-0.05, 0) is 34.4 Å². The number of anilines is 1. The minimum atomic E-state index is -0.364. The number of hydrogen-bond acceptors (Lipinski definition) is 6. The fourth-order valence-electron chi connectivity index (χ4n) is 4.31. The number of phenols is 1. The van der Waals surface area contributed by atoms with Gasteiger partial charge in [0.25, 0.3) is 0 Å². The van der Waals surface area contributed by atoms with Gasteiger partial charge in [0.1, 0.15) is 16.4 Å². The molecule has 6 nitrogen and oxygen atoms in total. The molecular weight excluding hydrogens is 408 g/mol. The number of aromatic hydroxyl groups is 1. The van der Waals surface area contributed by atoms with Crippen LogP contribution >= 0.6 is 23.5 Å². The van der Waals surface area contributed by atoms with Crippen LogP contribution in [-0.2, 0) is 14.4 Å². The first-order valence-corrected chi connectivity index (χ1v) is 11.1. The number of carbonyl (C=O) groups excluding carboxylic acids is 3. The third-order valence-corrected chi connectivity index (χ3v) is 8.27. The lowest BCUT2D eigenvalue weighted by atomic mass is 9.85. The molecule has 0 saturated carbocycles. The van der Waals surface area contributed by atoms with Crippen LogP contribution in [0, 0.1) is 0 Å². The van der Waals surface area contributed by atoms with E-state index < -0.39 is 0 Å². The first-order valence-electron chi connectivity index (χ1n) is 9.37. The summed E-state index contributed by atoms with van der Waals surface area (Å²) < 4.78 is -0.286. The topological polar surface area (TPSA) is 77.9 Å². The van der Waals surface area contributed by atoms with Crippen LogP contribution in [0.4, 0.5) is 5.69 Å². The molecular formula is C21H18N2O4S2. The van der Waals surface area contributed by atoms with E-state index in [0.717, 1.165) is 28.0 Å². The molecule has 0 atom stereocenters. The third kappa shape index (κ3) is 2.85. The monoisotopic (exact) mass is 426 g/mol. The van der Waals surface area contributed by atoms with E-state index in [1.165, 1.54) is 4.90 Å².